The molecule has 1 aliphatic rings. The number of aliphatic carboxylic acids is 1. The zero-order chi connectivity index (χ0) is 16.0. The number of nitrogens with zero attached hydrogens (tertiary/aromatic N) is 1. The van der Waals surface area contributed by atoms with Gasteiger partial charge in [-0.2, -0.15) is 4.31 Å². The minimum atomic E-state index is -3.44. The summed E-state index contributed by atoms with van der Waals surface area (Å²) in [6, 6.07) is -0.757. The Balaban J connectivity index is 2.66. The van der Waals surface area contributed by atoms with Gasteiger partial charge < -0.3 is 15.2 Å². The summed E-state index contributed by atoms with van der Waals surface area (Å²) in [5.41, 5.74) is 0. The fraction of sp³-hybridized carbons (Fsp3) is 0.833. The van der Waals surface area contributed by atoms with Crippen LogP contribution in [-0.4, -0.2) is 67.8 Å². The molecule has 1 saturated heterocycles. The van der Waals surface area contributed by atoms with Gasteiger partial charge in [0, 0.05) is 13.7 Å². The molecule has 0 saturated carbocycles. The van der Waals surface area contributed by atoms with Crippen molar-refractivity contribution in [2.24, 2.45) is 0 Å². The van der Waals surface area contributed by atoms with Crippen molar-refractivity contribution in [1.82, 2.24) is 9.62 Å². The molecular formula is C12H22N2O6S. The molecule has 1 rings (SSSR count). The van der Waals surface area contributed by atoms with Gasteiger partial charge in [0.15, 0.2) is 6.10 Å². The summed E-state index contributed by atoms with van der Waals surface area (Å²) in [5, 5.41) is 11.3. The van der Waals surface area contributed by atoms with E-state index in [9.17, 15) is 18.0 Å². The van der Waals surface area contributed by atoms with Crippen molar-refractivity contribution >= 4 is 21.9 Å². The lowest BCUT2D eigenvalue weighted by Crippen LogP contribution is -2.49. The molecule has 2 N–H and O–H groups in total. The number of hydrogen-bond acceptors (Lipinski definition) is 5. The average molecular weight is 322 g/mol. The summed E-state index contributed by atoms with van der Waals surface area (Å²) < 4.78 is 30.1. The van der Waals surface area contributed by atoms with Crippen molar-refractivity contribution in [3.63, 3.8) is 0 Å². The van der Waals surface area contributed by atoms with E-state index >= 15 is 0 Å². The van der Waals surface area contributed by atoms with Crippen LogP contribution in [0, 0.1) is 0 Å². The van der Waals surface area contributed by atoms with E-state index in [2.05, 4.69) is 5.32 Å². The zero-order valence-electron chi connectivity index (χ0n) is 12.2. The zero-order valence-corrected chi connectivity index (χ0v) is 13.1. The number of sulfonamides is 1. The second kappa shape index (κ2) is 7.71. The van der Waals surface area contributed by atoms with E-state index in [1.165, 1.54) is 11.4 Å². The third-order valence-corrected chi connectivity index (χ3v) is 5.42. The van der Waals surface area contributed by atoms with Gasteiger partial charge in [0.2, 0.25) is 15.9 Å². The van der Waals surface area contributed by atoms with E-state index in [0.29, 0.717) is 25.8 Å². The third-order valence-electron chi connectivity index (χ3n) is 3.35. The lowest BCUT2D eigenvalue weighted by atomic mass is 10.2. The number of methoxy groups -OCH3 is 1. The number of rotatable bonds is 8. The van der Waals surface area contributed by atoms with Gasteiger partial charge in [-0.3, -0.25) is 4.79 Å². The SMILES string of the molecule is CCCS(=O)(=O)N1CCCC1C(=O)NCC(OC)C(=O)O. The first-order valence-corrected chi connectivity index (χ1v) is 8.47. The van der Waals surface area contributed by atoms with Crippen LogP contribution in [0.4, 0.5) is 0 Å². The smallest absolute Gasteiger partial charge is 0.334 e. The molecule has 1 amide bonds. The Labute approximate surface area is 124 Å². The number of nitrogens with one attached hydrogen (secondary N) is 1. The quantitative estimate of drug-likeness (QED) is 0.617. The molecule has 0 aromatic rings. The van der Waals surface area contributed by atoms with Gasteiger partial charge in [-0.1, -0.05) is 6.92 Å². The van der Waals surface area contributed by atoms with Crippen molar-refractivity contribution in [2.75, 3.05) is 26.0 Å². The monoisotopic (exact) mass is 322 g/mol. The molecular weight excluding hydrogens is 300 g/mol. The van der Waals surface area contributed by atoms with Crippen molar-refractivity contribution < 1.29 is 27.9 Å². The second-order valence-electron chi connectivity index (χ2n) is 4.89. The molecule has 2 unspecified atom stereocenters. The van der Waals surface area contributed by atoms with Gasteiger partial charge in [-0.25, -0.2) is 13.2 Å². The Bertz CT molecular complexity index is 478. The predicted octanol–water partition coefficient (Wildman–Crippen LogP) is -0.594. The fourth-order valence-electron chi connectivity index (χ4n) is 2.29. The van der Waals surface area contributed by atoms with Crippen LogP contribution in [0.3, 0.4) is 0 Å². The number of carbonyl (C=O) groups excluding carboxylic acids is 1. The number of carboxylic acids is 1. The largest absolute Gasteiger partial charge is 0.479 e. The molecule has 1 aliphatic heterocycles. The van der Waals surface area contributed by atoms with Crippen LogP contribution in [0.25, 0.3) is 0 Å². The van der Waals surface area contributed by atoms with Crippen molar-refractivity contribution in [3.05, 3.63) is 0 Å². The first-order valence-electron chi connectivity index (χ1n) is 6.86. The van der Waals surface area contributed by atoms with Crippen molar-refractivity contribution in [1.29, 1.82) is 0 Å². The number of carboxylic acid groups (broad SMARTS) is 1. The maximum absolute atomic E-state index is 12.1. The molecule has 0 aromatic heterocycles. The summed E-state index contributed by atoms with van der Waals surface area (Å²) in [4.78, 5) is 22.9. The van der Waals surface area contributed by atoms with Gasteiger partial charge in [0.05, 0.1) is 12.3 Å². The number of hydrogen-bond donors (Lipinski definition) is 2. The normalized spacial score (nSPS) is 21.1. The number of amides is 1. The van der Waals surface area contributed by atoms with Crippen LogP contribution < -0.4 is 5.32 Å². The molecule has 0 aliphatic carbocycles. The summed E-state index contributed by atoms with van der Waals surface area (Å²) in [7, 11) is -2.21. The first kappa shape index (κ1) is 17.9. The third kappa shape index (κ3) is 4.65. The Morgan fingerprint density at radius 1 is 1.48 bits per heavy atom. The predicted molar refractivity (Wildman–Crippen MR) is 75.2 cm³/mol. The van der Waals surface area contributed by atoms with Crippen molar-refractivity contribution in [2.45, 2.75) is 38.3 Å². The molecule has 0 aromatic carbocycles. The van der Waals surface area contributed by atoms with E-state index in [0.717, 1.165) is 0 Å². The number of ether oxygens (including phenoxy) is 1. The van der Waals surface area contributed by atoms with Crippen LogP contribution in [0.2, 0.25) is 0 Å². The van der Waals surface area contributed by atoms with E-state index in [4.69, 9.17) is 9.84 Å². The molecule has 21 heavy (non-hydrogen) atoms. The maximum atomic E-state index is 12.1. The summed E-state index contributed by atoms with van der Waals surface area (Å²) in [6.45, 7) is 1.90. The summed E-state index contributed by atoms with van der Waals surface area (Å²) in [5.74, 6) is -1.65. The Kier molecular flexibility index (Phi) is 6.56. The van der Waals surface area contributed by atoms with Crippen LogP contribution >= 0.6 is 0 Å². The lowest BCUT2D eigenvalue weighted by molar-refractivity contribution is -0.148. The van der Waals surface area contributed by atoms with Crippen molar-refractivity contribution in [3.8, 4) is 0 Å². The van der Waals surface area contributed by atoms with Crippen LogP contribution in [-0.2, 0) is 24.3 Å². The molecule has 1 fully saturated rings. The fourth-order valence-corrected chi connectivity index (χ4v) is 4.04. The molecule has 9 heteroatoms. The van der Waals surface area contributed by atoms with E-state index in [1.54, 1.807) is 6.92 Å². The summed E-state index contributed by atoms with van der Waals surface area (Å²) in [6.07, 6.45) is 0.404. The first-order chi connectivity index (χ1) is 9.83. The van der Waals surface area contributed by atoms with Crippen LogP contribution in [0.15, 0.2) is 0 Å². The number of carbonyl (C=O) groups is 2. The van der Waals surface area contributed by atoms with Gasteiger partial charge in [-0.15, -0.1) is 0 Å². The Hall–Kier alpha value is -1.19. The molecule has 122 valence electrons. The summed E-state index contributed by atoms with van der Waals surface area (Å²) >= 11 is 0. The Morgan fingerprint density at radius 2 is 2.14 bits per heavy atom. The standard InChI is InChI=1S/C12H22N2O6S/c1-3-7-21(18,19)14-6-4-5-9(14)11(15)13-8-10(20-2)12(16)17/h9-10H,3-8H2,1-2H3,(H,13,15)(H,16,17). The molecule has 0 spiro atoms. The highest BCUT2D eigenvalue weighted by Gasteiger charge is 2.38. The van der Waals surface area contributed by atoms with Gasteiger partial charge in [0.1, 0.15) is 6.04 Å². The Morgan fingerprint density at radius 3 is 2.67 bits per heavy atom. The maximum Gasteiger partial charge on any atom is 0.334 e. The van der Waals surface area contributed by atoms with Gasteiger partial charge in [0.25, 0.3) is 0 Å². The minimum Gasteiger partial charge on any atom is -0.479 e. The molecule has 8 nitrogen and oxygen atoms in total. The minimum absolute atomic E-state index is 0.00655. The molecule has 1 heterocycles. The highest BCUT2D eigenvalue weighted by molar-refractivity contribution is 7.89. The molecule has 0 bridgehead atoms. The van der Waals surface area contributed by atoms with Gasteiger partial charge >= 0.3 is 5.97 Å². The van der Waals surface area contributed by atoms with Crippen LogP contribution in [0.5, 0.6) is 0 Å². The second-order valence-corrected chi connectivity index (χ2v) is 6.93. The van der Waals surface area contributed by atoms with Gasteiger partial charge in [-0.05, 0) is 19.3 Å². The van der Waals surface area contributed by atoms with E-state index < -0.39 is 34.0 Å². The van der Waals surface area contributed by atoms with E-state index in [-0.39, 0.29) is 12.3 Å². The lowest BCUT2D eigenvalue weighted by Gasteiger charge is -2.23. The van der Waals surface area contributed by atoms with E-state index in [1.807, 2.05) is 0 Å². The van der Waals surface area contributed by atoms with Crippen LogP contribution in [0.1, 0.15) is 26.2 Å². The highest BCUT2D eigenvalue weighted by Crippen LogP contribution is 2.22. The molecule has 0 radical (unpaired) electrons. The topological polar surface area (TPSA) is 113 Å². The molecule has 2 atom stereocenters. The average Bonchev–Trinajstić information content (AvgIpc) is 2.88. The highest BCUT2D eigenvalue weighted by atomic mass is 32.2.